The van der Waals surface area contributed by atoms with E-state index in [9.17, 15) is 0 Å². The molecule has 78 valence electrons. The number of aliphatic hydroxyl groups is 1. The van der Waals surface area contributed by atoms with Crippen LogP contribution in [0.3, 0.4) is 0 Å². The maximum absolute atomic E-state index is 8.96. The van der Waals surface area contributed by atoms with E-state index in [4.69, 9.17) is 16.6 Å². The van der Waals surface area contributed by atoms with Crippen LogP contribution in [0.5, 0.6) is 0 Å². The Morgan fingerprint density at radius 2 is 2.21 bits per heavy atom. The highest BCUT2D eigenvalue weighted by Gasteiger charge is 2.06. The predicted molar refractivity (Wildman–Crippen MR) is 55.6 cm³/mol. The molecule has 6 heteroatoms. The van der Waals surface area contributed by atoms with Gasteiger partial charge in [0.15, 0.2) is 0 Å². The minimum atomic E-state index is -0.0382. The van der Waals surface area contributed by atoms with E-state index in [1.807, 2.05) is 6.92 Å². The summed E-state index contributed by atoms with van der Waals surface area (Å²) in [6.07, 6.45) is 0.792. The average Bonchev–Trinajstić information content (AvgIpc) is 2.12. The fourth-order valence-corrected chi connectivity index (χ4v) is 1.05. The number of hydrogen-bond donors (Lipinski definition) is 4. The molecule has 1 atom stereocenters. The second kappa shape index (κ2) is 4.61. The zero-order chi connectivity index (χ0) is 10.6. The summed E-state index contributed by atoms with van der Waals surface area (Å²) in [5, 5.41) is 12.0. The lowest BCUT2D eigenvalue weighted by Gasteiger charge is -2.14. The number of rotatable bonds is 4. The molecule has 1 heterocycles. The summed E-state index contributed by atoms with van der Waals surface area (Å²) in [7, 11) is 0. The zero-order valence-electron chi connectivity index (χ0n) is 8.07. The Hall–Kier alpha value is -1.56. The van der Waals surface area contributed by atoms with E-state index in [2.05, 4.69) is 15.3 Å². The second-order valence-corrected chi connectivity index (χ2v) is 2.97. The highest BCUT2D eigenvalue weighted by atomic mass is 16.3. The summed E-state index contributed by atoms with van der Waals surface area (Å²) >= 11 is 0. The van der Waals surface area contributed by atoms with E-state index in [1.54, 1.807) is 6.07 Å². The van der Waals surface area contributed by atoms with Gasteiger partial charge in [0.1, 0.15) is 11.6 Å². The van der Waals surface area contributed by atoms with Gasteiger partial charge < -0.3 is 21.9 Å². The monoisotopic (exact) mass is 197 g/mol. The van der Waals surface area contributed by atoms with E-state index in [0.717, 1.165) is 6.42 Å². The minimum absolute atomic E-state index is 0.0382. The van der Waals surface area contributed by atoms with Gasteiger partial charge in [0.2, 0.25) is 5.95 Å². The molecule has 0 radical (unpaired) electrons. The van der Waals surface area contributed by atoms with Crippen LogP contribution in [0.25, 0.3) is 0 Å². The minimum Gasteiger partial charge on any atom is -0.394 e. The number of aliphatic hydroxyl groups excluding tert-OH is 1. The number of aromatic nitrogens is 2. The van der Waals surface area contributed by atoms with Crippen molar-refractivity contribution in [1.29, 1.82) is 0 Å². The standard InChI is InChI=1S/C8H15N5O/c1-2-5(4-14)11-7-3-6(9)12-8(10)13-7/h3,5,14H,2,4H2,1H3,(H5,9,10,11,12,13). The van der Waals surface area contributed by atoms with Gasteiger partial charge in [0.05, 0.1) is 12.6 Å². The molecular formula is C8H15N5O. The molecule has 1 rings (SSSR count). The van der Waals surface area contributed by atoms with Gasteiger partial charge in [-0.2, -0.15) is 9.97 Å². The maximum atomic E-state index is 8.96. The number of anilines is 3. The number of hydrogen-bond acceptors (Lipinski definition) is 6. The molecule has 1 unspecified atom stereocenters. The highest BCUT2D eigenvalue weighted by molar-refractivity contribution is 5.48. The fraction of sp³-hybridized carbons (Fsp3) is 0.500. The summed E-state index contributed by atoms with van der Waals surface area (Å²) in [6.45, 7) is 2.00. The van der Waals surface area contributed by atoms with Crippen molar-refractivity contribution in [3.8, 4) is 0 Å². The zero-order valence-corrected chi connectivity index (χ0v) is 8.07. The van der Waals surface area contributed by atoms with E-state index in [1.165, 1.54) is 0 Å². The number of nitrogens with one attached hydrogen (secondary N) is 1. The van der Waals surface area contributed by atoms with Gasteiger partial charge in [0.25, 0.3) is 0 Å². The Labute approximate surface area is 82.4 Å². The molecule has 0 aliphatic carbocycles. The third kappa shape index (κ3) is 2.74. The first kappa shape index (κ1) is 10.5. The number of nitrogens with zero attached hydrogens (tertiary/aromatic N) is 2. The van der Waals surface area contributed by atoms with Gasteiger partial charge in [0, 0.05) is 6.07 Å². The van der Waals surface area contributed by atoms with Crippen LogP contribution in [0.2, 0.25) is 0 Å². The average molecular weight is 197 g/mol. The van der Waals surface area contributed by atoms with Gasteiger partial charge >= 0.3 is 0 Å². The molecule has 0 aromatic carbocycles. The van der Waals surface area contributed by atoms with Crippen LogP contribution in [-0.2, 0) is 0 Å². The third-order valence-electron chi connectivity index (χ3n) is 1.83. The lowest BCUT2D eigenvalue weighted by Crippen LogP contribution is -2.23. The summed E-state index contributed by atoms with van der Waals surface area (Å²) < 4.78 is 0. The van der Waals surface area contributed by atoms with Gasteiger partial charge in [-0.15, -0.1) is 0 Å². The van der Waals surface area contributed by atoms with Crippen molar-refractivity contribution < 1.29 is 5.11 Å². The molecule has 0 saturated heterocycles. The Bertz CT molecular complexity index is 280. The van der Waals surface area contributed by atoms with Crippen LogP contribution in [0, 0.1) is 0 Å². The molecule has 0 amide bonds. The molecule has 0 spiro atoms. The molecule has 0 fully saturated rings. The van der Waals surface area contributed by atoms with Crippen LogP contribution in [0.1, 0.15) is 13.3 Å². The molecule has 0 aliphatic rings. The lowest BCUT2D eigenvalue weighted by atomic mass is 10.2. The Kier molecular flexibility index (Phi) is 3.47. The van der Waals surface area contributed by atoms with Gasteiger partial charge in [-0.25, -0.2) is 0 Å². The number of nitrogens with two attached hydrogens (primary N) is 2. The van der Waals surface area contributed by atoms with Crippen molar-refractivity contribution >= 4 is 17.6 Å². The van der Waals surface area contributed by atoms with E-state index in [0.29, 0.717) is 11.6 Å². The predicted octanol–water partition coefficient (Wildman–Crippen LogP) is -0.176. The Balaban J connectivity index is 2.75. The van der Waals surface area contributed by atoms with Crippen molar-refractivity contribution in [2.45, 2.75) is 19.4 Å². The summed E-state index contributed by atoms with van der Waals surface area (Å²) in [5.41, 5.74) is 10.9. The molecule has 0 bridgehead atoms. The van der Waals surface area contributed by atoms with Crippen molar-refractivity contribution in [3.63, 3.8) is 0 Å². The van der Waals surface area contributed by atoms with Crippen molar-refractivity contribution in [2.75, 3.05) is 23.4 Å². The number of nitrogen functional groups attached to an aromatic ring is 2. The van der Waals surface area contributed by atoms with Crippen LogP contribution < -0.4 is 16.8 Å². The van der Waals surface area contributed by atoms with Crippen LogP contribution >= 0.6 is 0 Å². The smallest absolute Gasteiger partial charge is 0.223 e. The normalized spacial score (nSPS) is 12.4. The van der Waals surface area contributed by atoms with Crippen LogP contribution in [0.15, 0.2) is 6.07 Å². The van der Waals surface area contributed by atoms with Crippen LogP contribution in [-0.4, -0.2) is 27.7 Å². The maximum Gasteiger partial charge on any atom is 0.223 e. The SMILES string of the molecule is CCC(CO)Nc1cc(N)nc(N)n1. The first-order chi connectivity index (χ1) is 6.65. The Morgan fingerprint density at radius 1 is 1.50 bits per heavy atom. The molecule has 1 aromatic rings. The van der Waals surface area contributed by atoms with E-state index >= 15 is 0 Å². The fourth-order valence-electron chi connectivity index (χ4n) is 1.05. The topological polar surface area (TPSA) is 110 Å². The lowest BCUT2D eigenvalue weighted by molar-refractivity contribution is 0.271. The largest absolute Gasteiger partial charge is 0.394 e. The quantitative estimate of drug-likeness (QED) is 0.533. The molecule has 0 saturated carbocycles. The van der Waals surface area contributed by atoms with Crippen molar-refractivity contribution in [1.82, 2.24) is 9.97 Å². The van der Waals surface area contributed by atoms with Crippen molar-refractivity contribution in [2.24, 2.45) is 0 Å². The van der Waals surface area contributed by atoms with Crippen molar-refractivity contribution in [3.05, 3.63) is 6.07 Å². The van der Waals surface area contributed by atoms with Gasteiger partial charge in [-0.1, -0.05) is 6.92 Å². The van der Waals surface area contributed by atoms with E-state index in [-0.39, 0.29) is 18.6 Å². The summed E-state index contributed by atoms with van der Waals surface area (Å²) in [6, 6.07) is 1.54. The molecule has 6 nitrogen and oxygen atoms in total. The van der Waals surface area contributed by atoms with Gasteiger partial charge in [-0.05, 0) is 6.42 Å². The highest BCUT2D eigenvalue weighted by Crippen LogP contribution is 2.11. The first-order valence-electron chi connectivity index (χ1n) is 4.43. The molecule has 1 aromatic heterocycles. The Morgan fingerprint density at radius 3 is 2.71 bits per heavy atom. The third-order valence-corrected chi connectivity index (χ3v) is 1.83. The first-order valence-corrected chi connectivity index (χ1v) is 4.43. The second-order valence-electron chi connectivity index (χ2n) is 2.97. The van der Waals surface area contributed by atoms with Crippen LogP contribution in [0.4, 0.5) is 17.6 Å². The van der Waals surface area contributed by atoms with Gasteiger partial charge in [-0.3, -0.25) is 0 Å². The molecule has 0 aliphatic heterocycles. The molecule has 14 heavy (non-hydrogen) atoms. The molecular weight excluding hydrogens is 182 g/mol. The summed E-state index contributed by atoms with van der Waals surface area (Å²) in [4.78, 5) is 7.67. The summed E-state index contributed by atoms with van der Waals surface area (Å²) in [5.74, 6) is 0.976. The van der Waals surface area contributed by atoms with E-state index < -0.39 is 0 Å². The molecule has 6 N–H and O–H groups in total.